The first-order chi connectivity index (χ1) is 13.4. The van der Waals surface area contributed by atoms with Crippen LogP contribution >= 0.6 is 23.2 Å². The Labute approximate surface area is 174 Å². The van der Waals surface area contributed by atoms with Crippen molar-refractivity contribution in [1.29, 1.82) is 0 Å². The highest BCUT2D eigenvalue weighted by Crippen LogP contribution is 2.33. The SMILES string of the molecule is COC(C(=O)O)C1CCN(Cc2cc(Cl)cc(Cl)c2O)CC1.O=C(O)C(F)(F)F. The van der Waals surface area contributed by atoms with Crippen LogP contribution in [0, 0.1) is 5.92 Å². The summed E-state index contributed by atoms with van der Waals surface area (Å²) in [5.74, 6) is -3.61. The van der Waals surface area contributed by atoms with Gasteiger partial charge in [0.2, 0.25) is 0 Å². The molecule has 0 radical (unpaired) electrons. The molecular weight excluding hydrogens is 442 g/mol. The molecule has 1 unspecified atom stereocenters. The Kier molecular flexibility index (Phi) is 9.47. The minimum Gasteiger partial charge on any atom is -0.506 e. The number of carboxylic acid groups (broad SMARTS) is 2. The molecule has 0 spiro atoms. The Balaban J connectivity index is 0.000000516. The van der Waals surface area contributed by atoms with E-state index in [4.69, 9.17) is 42.9 Å². The summed E-state index contributed by atoms with van der Waals surface area (Å²) in [6, 6.07) is 3.20. The van der Waals surface area contributed by atoms with Crippen LogP contribution < -0.4 is 0 Å². The number of aliphatic carboxylic acids is 2. The Morgan fingerprint density at radius 2 is 1.76 bits per heavy atom. The smallest absolute Gasteiger partial charge is 0.490 e. The third-order valence-electron chi connectivity index (χ3n) is 4.30. The third kappa shape index (κ3) is 7.88. The predicted molar refractivity (Wildman–Crippen MR) is 98.3 cm³/mol. The first-order valence-corrected chi connectivity index (χ1v) is 9.07. The maximum atomic E-state index is 11.1. The Morgan fingerprint density at radius 1 is 1.24 bits per heavy atom. The number of halogens is 5. The van der Waals surface area contributed by atoms with E-state index in [1.807, 2.05) is 0 Å². The summed E-state index contributed by atoms with van der Waals surface area (Å²) in [5, 5.41) is 27.0. The molecule has 1 aromatic rings. The number of piperidine rings is 1. The highest BCUT2D eigenvalue weighted by atomic mass is 35.5. The standard InChI is InChI=1S/C15H19Cl2NO4.C2HF3O2/c1-22-14(15(20)21)9-2-4-18(5-3-9)8-10-6-11(16)7-12(17)13(10)19;3-2(4,5)1(6)7/h6-7,9,14,19H,2-5,8H2,1H3,(H,20,21);(H,6,7). The van der Waals surface area contributed by atoms with E-state index in [0.717, 1.165) is 25.9 Å². The van der Waals surface area contributed by atoms with Gasteiger partial charge in [-0.25, -0.2) is 9.59 Å². The fourth-order valence-electron chi connectivity index (χ4n) is 2.89. The minimum absolute atomic E-state index is 0.00953. The minimum atomic E-state index is -5.08. The molecule has 164 valence electrons. The molecule has 0 bridgehead atoms. The molecule has 1 heterocycles. The normalized spacial score (nSPS) is 16.6. The Bertz CT molecular complexity index is 724. The Hall–Kier alpha value is -1.75. The van der Waals surface area contributed by atoms with Crippen molar-refractivity contribution in [3.63, 3.8) is 0 Å². The lowest BCUT2D eigenvalue weighted by Gasteiger charge is -2.34. The van der Waals surface area contributed by atoms with Gasteiger partial charge in [0.25, 0.3) is 0 Å². The number of hydrogen-bond acceptors (Lipinski definition) is 5. The molecule has 1 aromatic carbocycles. The van der Waals surface area contributed by atoms with Crippen molar-refractivity contribution in [2.24, 2.45) is 5.92 Å². The van der Waals surface area contributed by atoms with Crippen LogP contribution in [0.15, 0.2) is 12.1 Å². The van der Waals surface area contributed by atoms with Crippen molar-refractivity contribution in [3.8, 4) is 5.75 Å². The first kappa shape index (κ1) is 25.3. The van der Waals surface area contributed by atoms with E-state index < -0.39 is 24.2 Å². The number of nitrogens with zero attached hydrogens (tertiary/aromatic N) is 1. The number of phenols is 1. The highest BCUT2D eigenvalue weighted by Gasteiger charge is 2.38. The lowest BCUT2D eigenvalue weighted by atomic mass is 9.91. The van der Waals surface area contributed by atoms with Crippen LogP contribution in [0.3, 0.4) is 0 Å². The maximum Gasteiger partial charge on any atom is 0.490 e. The topological polar surface area (TPSA) is 107 Å². The molecule has 12 heteroatoms. The van der Waals surface area contributed by atoms with E-state index in [1.54, 1.807) is 6.07 Å². The number of likely N-dealkylation sites (tertiary alicyclic amines) is 1. The molecule has 1 fully saturated rings. The maximum absolute atomic E-state index is 11.1. The van der Waals surface area contributed by atoms with E-state index in [2.05, 4.69) is 4.90 Å². The summed E-state index contributed by atoms with van der Waals surface area (Å²) in [5.41, 5.74) is 0.678. The lowest BCUT2D eigenvalue weighted by molar-refractivity contribution is -0.192. The highest BCUT2D eigenvalue weighted by molar-refractivity contribution is 6.35. The van der Waals surface area contributed by atoms with Crippen molar-refractivity contribution in [1.82, 2.24) is 4.90 Å². The van der Waals surface area contributed by atoms with Gasteiger partial charge in [-0.15, -0.1) is 0 Å². The second kappa shape index (κ2) is 10.9. The fourth-order valence-corrected chi connectivity index (χ4v) is 3.42. The second-order valence-corrected chi connectivity index (χ2v) is 7.15. The molecular formula is C17H20Cl2F3NO6. The number of carboxylic acids is 2. The number of hydrogen-bond donors (Lipinski definition) is 3. The summed E-state index contributed by atoms with van der Waals surface area (Å²) < 4.78 is 36.8. The van der Waals surface area contributed by atoms with Crippen molar-refractivity contribution >= 4 is 35.1 Å². The van der Waals surface area contributed by atoms with Gasteiger partial charge in [0, 0.05) is 24.2 Å². The summed E-state index contributed by atoms with van der Waals surface area (Å²) >= 11 is 11.9. The molecule has 1 atom stereocenters. The molecule has 0 saturated carbocycles. The van der Waals surface area contributed by atoms with E-state index in [0.29, 0.717) is 17.1 Å². The third-order valence-corrected chi connectivity index (χ3v) is 4.81. The van der Waals surface area contributed by atoms with Crippen LogP contribution in [0.5, 0.6) is 5.75 Å². The second-order valence-electron chi connectivity index (χ2n) is 6.31. The average molecular weight is 462 g/mol. The molecule has 2 rings (SSSR count). The zero-order chi connectivity index (χ0) is 22.4. The van der Waals surface area contributed by atoms with Crippen LogP contribution in [0.1, 0.15) is 18.4 Å². The molecule has 7 nitrogen and oxygen atoms in total. The van der Waals surface area contributed by atoms with Gasteiger partial charge in [-0.1, -0.05) is 23.2 Å². The number of carbonyl (C=O) groups is 2. The van der Waals surface area contributed by atoms with Gasteiger partial charge in [0.1, 0.15) is 5.75 Å². The summed E-state index contributed by atoms with van der Waals surface area (Å²) in [7, 11) is 1.43. The van der Waals surface area contributed by atoms with E-state index in [-0.39, 0.29) is 16.7 Å². The molecule has 1 saturated heterocycles. The van der Waals surface area contributed by atoms with Crippen molar-refractivity contribution in [2.75, 3.05) is 20.2 Å². The van der Waals surface area contributed by atoms with Gasteiger partial charge in [-0.2, -0.15) is 13.2 Å². The molecule has 0 aliphatic carbocycles. The van der Waals surface area contributed by atoms with Crippen molar-refractivity contribution in [2.45, 2.75) is 31.7 Å². The van der Waals surface area contributed by atoms with Gasteiger partial charge >= 0.3 is 18.1 Å². The number of rotatable bonds is 5. The molecule has 3 N–H and O–H groups in total. The van der Waals surface area contributed by atoms with Gasteiger partial charge < -0.3 is 20.1 Å². The molecule has 29 heavy (non-hydrogen) atoms. The van der Waals surface area contributed by atoms with Gasteiger partial charge in [-0.3, -0.25) is 4.90 Å². The summed E-state index contributed by atoms with van der Waals surface area (Å²) in [6.07, 6.45) is -4.36. The van der Waals surface area contributed by atoms with Crippen LogP contribution in [-0.2, 0) is 20.9 Å². The largest absolute Gasteiger partial charge is 0.506 e. The van der Waals surface area contributed by atoms with Gasteiger partial charge in [0.05, 0.1) is 5.02 Å². The predicted octanol–water partition coefficient (Wildman–Crippen LogP) is 3.64. The van der Waals surface area contributed by atoms with E-state index in [1.165, 1.54) is 13.2 Å². The molecule has 1 aliphatic heterocycles. The zero-order valence-corrected chi connectivity index (χ0v) is 16.8. The van der Waals surface area contributed by atoms with Crippen LogP contribution in [-0.4, -0.2) is 64.6 Å². The fraction of sp³-hybridized carbons (Fsp3) is 0.529. The van der Waals surface area contributed by atoms with Gasteiger partial charge in [-0.05, 0) is 44.0 Å². The van der Waals surface area contributed by atoms with E-state index >= 15 is 0 Å². The monoisotopic (exact) mass is 461 g/mol. The molecule has 0 aromatic heterocycles. The first-order valence-electron chi connectivity index (χ1n) is 8.31. The van der Waals surface area contributed by atoms with Crippen molar-refractivity contribution in [3.05, 3.63) is 27.7 Å². The number of alkyl halides is 3. The number of aromatic hydroxyl groups is 1. The Morgan fingerprint density at radius 3 is 2.17 bits per heavy atom. The lowest BCUT2D eigenvalue weighted by Crippen LogP contribution is -2.41. The van der Waals surface area contributed by atoms with Crippen LogP contribution in [0.25, 0.3) is 0 Å². The van der Waals surface area contributed by atoms with Crippen LogP contribution in [0.4, 0.5) is 13.2 Å². The van der Waals surface area contributed by atoms with Crippen LogP contribution in [0.2, 0.25) is 10.0 Å². The number of methoxy groups -OCH3 is 1. The van der Waals surface area contributed by atoms with E-state index in [9.17, 15) is 23.1 Å². The number of ether oxygens (including phenoxy) is 1. The quantitative estimate of drug-likeness (QED) is 0.614. The molecule has 1 aliphatic rings. The van der Waals surface area contributed by atoms with Gasteiger partial charge in [0.15, 0.2) is 6.10 Å². The summed E-state index contributed by atoms with van der Waals surface area (Å²) in [4.78, 5) is 22.2. The number of benzene rings is 1. The number of phenolic OH excluding ortho intramolecular Hbond substituents is 1. The summed E-state index contributed by atoms with van der Waals surface area (Å²) in [6.45, 7) is 2.01. The zero-order valence-electron chi connectivity index (χ0n) is 15.2. The average Bonchev–Trinajstić information content (AvgIpc) is 2.60. The van der Waals surface area contributed by atoms with Crippen molar-refractivity contribution < 1.29 is 42.8 Å². The molecule has 0 amide bonds.